The minimum atomic E-state index is -0.157. The molecule has 0 saturated heterocycles. The maximum absolute atomic E-state index is 13.8. The molecule has 4 aliphatic rings. The van der Waals surface area contributed by atoms with E-state index in [-0.39, 0.29) is 34.1 Å². The number of carbonyl (C=O) groups is 2. The van der Waals surface area contributed by atoms with Crippen LogP contribution in [-0.4, -0.2) is 17.2 Å². The Morgan fingerprint density at radius 1 is 0.974 bits per heavy atom. The van der Waals surface area contributed by atoms with Gasteiger partial charge in [-0.15, -0.1) is 0 Å². The van der Waals surface area contributed by atoms with E-state index in [0.29, 0.717) is 22.9 Å². The van der Waals surface area contributed by atoms with Crippen molar-refractivity contribution in [3.63, 3.8) is 0 Å². The Bertz CT molecular complexity index is 1280. The van der Waals surface area contributed by atoms with Crippen LogP contribution in [-0.2, 0) is 14.3 Å². The molecular formula is C34H42O3S. The van der Waals surface area contributed by atoms with E-state index in [9.17, 15) is 9.59 Å². The number of rotatable bonds is 4. The van der Waals surface area contributed by atoms with E-state index in [0.717, 1.165) is 38.5 Å². The predicted octanol–water partition coefficient (Wildman–Crippen LogP) is 8.67. The third kappa shape index (κ3) is 4.35. The van der Waals surface area contributed by atoms with Crippen molar-refractivity contribution >= 4 is 33.6 Å². The smallest absolute Gasteiger partial charge is 0.302 e. The van der Waals surface area contributed by atoms with E-state index >= 15 is 0 Å². The van der Waals surface area contributed by atoms with Crippen molar-refractivity contribution in [2.45, 2.75) is 90.4 Å². The Morgan fingerprint density at radius 2 is 1.76 bits per heavy atom. The van der Waals surface area contributed by atoms with Gasteiger partial charge in [0.25, 0.3) is 0 Å². The van der Waals surface area contributed by atoms with Crippen LogP contribution in [0.15, 0.2) is 54.1 Å². The Morgan fingerprint density at radius 3 is 2.55 bits per heavy atom. The lowest BCUT2D eigenvalue weighted by Gasteiger charge is -2.58. The first kappa shape index (κ1) is 26.2. The molecular weight excluding hydrogens is 488 g/mol. The predicted molar refractivity (Wildman–Crippen MR) is 156 cm³/mol. The summed E-state index contributed by atoms with van der Waals surface area (Å²) in [5.74, 6) is 2.01. The van der Waals surface area contributed by atoms with Gasteiger partial charge in [0.2, 0.25) is 0 Å². The zero-order valence-electron chi connectivity index (χ0n) is 23.4. The van der Waals surface area contributed by atoms with Crippen molar-refractivity contribution in [1.82, 2.24) is 0 Å². The molecule has 0 radical (unpaired) electrons. The summed E-state index contributed by atoms with van der Waals surface area (Å²) in [4.78, 5) is 25.4. The maximum Gasteiger partial charge on any atom is 0.302 e. The summed E-state index contributed by atoms with van der Waals surface area (Å²) in [7, 11) is 0. The lowest BCUT2D eigenvalue weighted by atomic mass is 9.47. The number of esters is 1. The molecule has 3 fully saturated rings. The fraction of sp³-hybridized carbons (Fsp3) is 0.588. The Balaban J connectivity index is 1.17. The second-order valence-electron chi connectivity index (χ2n) is 13.1. The van der Waals surface area contributed by atoms with Gasteiger partial charge in [0.05, 0.1) is 0 Å². The number of benzene rings is 2. The second kappa shape index (κ2) is 9.84. The van der Waals surface area contributed by atoms with Crippen molar-refractivity contribution < 1.29 is 14.3 Å². The van der Waals surface area contributed by atoms with Crippen molar-refractivity contribution in [3.8, 4) is 0 Å². The number of hydrogen-bond donors (Lipinski definition) is 0. The molecule has 4 aliphatic carbocycles. The molecule has 202 valence electrons. The molecule has 0 bridgehead atoms. The van der Waals surface area contributed by atoms with E-state index in [1.807, 2.05) is 0 Å². The zero-order valence-corrected chi connectivity index (χ0v) is 24.2. The maximum atomic E-state index is 13.8. The summed E-state index contributed by atoms with van der Waals surface area (Å²) in [5.41, 5.74) is 3.12. The molecule has 3 nitrogen and oxygen atoms in total. The van der Waals surface area contributed by atoms with Crippen LogP contribution in [0.4, 0.5) is 0 Å². The van der Waals surface area contributed by atoms with E-state index in [1.165, 1.54) is 41.7 Å². The van der Waals surface area contributed by atoms with Crippen molar-refractivity contribution in [2.75, 3.05) is 0 Å². The van der Waals surface area contributed by atoms with E-state index in [4.69, 9.17) is 4.74 Å². The lowest BCUT2D eigenvalue weighted by molar-refractivity contribution is -0.148. The molecule has 0 N–H and O–H groups in total. The molecule has 38 heavy (non-hydrogen) atoms. The summed E-state index contributed by atoms with van der Waals surface area (Å²) in [6.07, 6.45) is 11.3. The highest BCUT2D eigenvalue weighted by atomic mass is 32.2. The van der Waals surface area contributed by atoms with Crippen LogP contribution in [0.5, 0.6) is 0 Å². The second-order valence-corrected chi connectivity index (χ2v) is 14.4. The Hall–Kier alpha value is -2.07. The van der Waals surface area contributed by atoms with Gasteiger partial charge in [-0.2, -0.15) is 0 Å². The molecule has 0 aliphatic heterocycles. The van der Waals surface area contributed by atoms with Gasteiger partial charge in [0.1, 0.15) is 6.10 Å². The van der Waals surface area contributed by atoms with Gasteiger partial charge in [-0.25, -0.2) is 0 Å². The van der Waals surface area contributed by atoms with E-state index in [2.05, 4.69) is 69.3 Å². The number of ether oxygens (including phenoxy) is 1. The number of carbonyl (C=O) groups excluding carboxylic acids is 2. The molecule has 0 aromatic heterocycles. The summed E-state index contributed by atoms with van der Waals surface area (Å²) in [6, 6.07) is 15.1. The van der Waals surface area contributed by atoms with Crippen molar-refractivity contribution in [2.24, 2.45) is 34.5 Å². The quantitative estimate of drug-likeness (QED) is 0.293. The number of allylic oxidation sites excluding steroid dienone is 1. The molecule has 0 spiro atoms. The lowest BCUT2D eigenvalue weighted by Crippen LogP contribution is -2.51. The average Bonchev–Trinajstić information content (AvgIpc) is 3.25. The summed E-state index contributed by atoms with van der Waals surface area (Å²) in [6.45, 7) is 8.66. The topological polar surface area (TPSA) is 43.4 Å². The molecule has 2 aromatic rings. The van der Waals surface area contributed by atoms with Gasteiger partial charge in [0.15, 0.2) is 5.12 Å². The van der Waals surface area contributed by atoms with Crippen LogP contribution in [0.3, 0.4) is 0 Å². The molecule has 2 aromatic carbocycles. The average molecular weight is 531 g/mol. The minimum Gasteiger partial charge on any atom is -0.462 e. The van der Waals surface area contributed by atoms with Gasteiger partial charge < -0.3 is 4.74 Å². The largest absolute Gasteiger partial charge is 0.462 e. The van der Waals surface area contributed by atoms with Gasteiger partial charge in [-0.3, -0.25) is 9.59 Å². The highest BCUT2D eigenvalue weighted by Gasteiger charge is 2.60. The van der Waals surface area contributed by atoms with Crippen LogP contribution in [0.1, 0.15) is 89.9 Å². The van der Waals surface area contributed by atoms with Crippen LogP contribution in [0, 0.1) is 34.5 Å². The van der Waals surface area contributed by atoms with Gasteiger partial charge >= 0.3 is 5.97 Å². The van der Waals surface area contributed by atoms with Crippen LogP contribution in [0.25, 0.3) is 10.8 Å². The van der Waals surface area contributed by atoms with Crippen LogP contribution in [0.2, 0.25) is 0 Å². The first-order chi connectivity index (χ1) is 18.2. The summed E-state index contributed by atoms with van der Waals surface area (Å²) >= 11 is 1.57. The monoisotopic (exact) mass is 530 g/mol. The molecule has 6 rings (SSSR count). The third-order valence-corrected chi connectivity index (χ3v) is 12.4. The fourth-order valence-electron chi connectivity index (χ4n) is 9.14. The SMILES string of the molecule is CC(=O)O[C@H]1CC[C@@]2(C)C(=CC[C@H]3[C@@H]4CC[C@H](C(=O)S[C@@H](C)c5ccc6ccccc6c5)[C@@]4(C)CC[C@@H]32)C1. The van der Waals surface area contributed by atoms with Gasteiger partial charge in [-0.05, 0) is 96.8 Å². The molecule has 0 unspecified atom stereocenters. The first-order valence-electron chi connectivity index (χ1n) is 14.7. The van der Waals surface area contributed by atoms with Gasteiger partial charge in [0, 0.05) is 24.5 Å². The van der Waals surface area contributed by atoms with Crippen molar-refractivity contribution in [1.29, 1.82) is 0 Å². The number of fused-ring (bicyclic) bond motifs is 6. The van der Waals surface area contributed by atoms with E-state index in [1.54, 1.807) is 11.8 Å². The minimum absolute atomic E-state index is 0.0485. The number of hydrogen-bond acceptors (Lipinski definition) is 4. The third-order valence-electron chi connectivity index (χ3n) is 11.2. The fourth-order valence-corrected chi connectivity index (χ4v) is 10.3. The summed E-state index contributed by atoms with van der Waals surface area (Å²) < 4.78 is 5.61. The highest BCUT2D eigenvalue weighted by Crippen LogP contribution is 2.67. The molecule has 8 atom stereocenters. The molecule has 4 heteroatoms. The molecule has 3 saturated carbocycles. The van der Waals surface area contributed by atoms with Crippen LogP contribution >= 0.6 is 11.8 Å². The van der Waals surface area contributed by atoms with Crippen LogP contribution < -0.4 is 0 Å². The van der Waals surface area contributed by atoms with E-state index < -0.39 is 0 Å². The Kier molecular flexibility index (Phi) is 6.78. The highest BCUT2D eigenvalue weighted by molar-refractivity contribution is 8.13. The molecule has 0 amide bonds. The summed E-state index contributed by atoms with van der Waals surface area (Å²) in [5, 5.41) is 3.07. The van der Waals surface area contributed by atoms with Gasteiger partial charge in [-0.1, -0.05) is 79.7 Å². The first-order valence-corrected chi connectivity index (χ1v) is 15.6. The Labute approximate surface area is 232 Å². The normalized spacial score (nSPS) is 36.9. The standard InChI is InChI=1S/C34H42O3S/c1-21(24-10-9-23-7-5-6-8-25(23)19-24)38-32(36)31-14-13-29-28-12-11-26-20-27(37-22(2)35)15-17-33(26,3)30(28)16-18-34(29,31)4/h5-11,19,21,27-31H,12-18,20H2,1-4H3/t21-,27-,28-,29-,30-,31+,33-,34-/m0/s1. The zero-order chi connectivity index (χ0) is 26.7. The molecule has 0 heterocycles. The van der Waals surface area contributed by atoms with Crippen molar-refractivity contribution in [3.05, 3.63) is 59.7 Å². The number of thioether (sulfide) groups is 1.